The molecular formula is C7H10N4O2. The zero-order valence-electron chi connectivity index (χ0n) is 7.13. The van der Waals surface area contributed by atoms with E-state index in [1.54, 1.807) is 6.92 Å². The fourth-order valence-corrected chi connectivity index (χ4v) is 0.936. The van der Waals surface area contributed by atoms with Crippen LogP contribution in [-0.2, 0) is 6.42 Å². The summed E-state index contributed by atoms with van der Waals surface area (Å²) in [5.41, 5.74) is 0.192. The van der Waals surface area contributed by atoms with Gasteiger partial charge in [0.1, 0.15) is 0 Å². The summed E-state index contributed by atoms with van der Waals surface area (Å²) in [5.74, 6) is 5.01. The van der Waals surface area contributed by atoms with E-state index >= 15 is 0 Å². The van der Waals surface area contributed by atoms with Crippen LogP contribution in [0.15, 0.2) is 20.8 Å². The molecule has 0 radical (unpaired) electrons. The van der Waals surface area contributed by atoms with E-state index in [0.717, 1.165) is 0 Å². The maximum atomic E-state index is 10.8. The molecule has 0 aliphatic rings. The third-order valence-electron chi connectivity index (χ3n) is 1.48. The summed E-state index contributed by atoms with van der Waals surface area (Å²) in [7, 11) is 0. The van der Waals surface area contributed by atoms with E-state index in [4.69, 9.17) is 5.84 Å². The number of hydrogen-bond acceptors (Lipinski definition) is 4. The van der Waals surface area contributed by atoms with E-state index in [0.29, 0.717) is 17.8 Å². The Kier molecular flexibility index (Phi) is 2.63. The van der Waals surface area contributed by atoms with E-state index < -0.39 is 11.2 Å². The predicted molar refractivity (Wildman–Crippen MR) is 48.7 cm³/mol. The van der Waals surface area contributed by atoms with Crippen LogP contribution in [0.25, 0.3) is 0 Å². The monoisotopic (exact) mass is 182 g/mol. The fourth-order valence-electron chi connectivity index (χ4n) is 0.936. The van der Waals surface area contributed by atoms with Gasteiger partial charge in [0.05, 0.1) is 0 Å². The molecule has 0 atom stereocenters. The van der Waals surface area contributed by atoms with Crippen molar-refractivity contribution in [2.75, 3.05) is 0 Å². The fraction of sp³-hybridized carbons (Fsp3) is 0.286. The first kappa shape index (κ1) is 9.24. The second-order valence-corrected chi connectivity index (χ2v) is 2.65. The van der Waals surface area contributed by atoms with Gasteiger partial charge in [-0.3, -0.25) is 9.78 Å². The van der Waals surface area contributed by atoms with Crippen LogP contribution in [0, 0.1) is 0 Å². The minimum Gasteiger partial charge on any atom is -0.323 e. The number of nitrogens with two attached hydrogens (primary N) is 1. The number of rotatable bonds is 2. The highest BCUT2D eigenvalue weighted by Crippen LogP contribution is 1.89. The van der Waals surface area contributed by atoms with E-state index in [1.165, 1.54) is 6.07 Å². The van der Waals surface area contributed by atoms with Crippen LogP contribution in [0.2, 0.25) is 0 Å². The predicted octanol–water partition coefficient (Wildman–Crippen LogP) is -1.06. The van der Waals surface area contributed by atoms with Gasteiger partial charge >= 0.3 is 5.69 Å². The highest BCUT2D eigenvalue weighted by molar-refractivity contribution is 5.83. The number of aromatic amines is 2. The molecule has 1 rings (SSSR count). The molecule has 0 bridgehead atoms. The van der Waals surface area contributed by atoms with Gasteiger partial charge in [-0.25, -0.2) is 4.79 Å². The quantitative estimate of drug-likeness (QED) is 0.308. The normalized spacial score (nSPS) is 11.6. The highest BCUT2D eigenvalue weighted by atomic mass is 16.2. The first-order chi connectivity index (χ1) is 6.11. The molecule has 6 nitrogen and oxygen atoms in total. The molecule has 4 N–H and O–H groups in total. The van der Waals surface area contributed by atoms with Gasteiger partial charge < -0.3 is 10.8 Å². The van der Waals surface area contributed by atoms with Crippen molar-refractivity contribution in [3.63, 3.8) is 0 Å². The molecule has 13 heavy (non-hydrogen) atoms. The summed E-state index contributed by atoms with van der Waals surface area (Å²) in [6.07, 6.45) is 0.371. The zero-order valence-corrected chi connectivity index (χ0v) is 7.13. The molecule has 1 heterocycles. The molecule has 1 aromatic heterocycles. The molecule has 0 aliphatic heterocycles. The molecule has 0 amide bonds. The van der Waals surface area contributed by atoms with Gasteiger partial charge in [0.2, 0.25) is 0 Å². The Bertz CT molecular complexity index is 400. The van der Waals surface area contributed by atoms with Gasteiger partial charge in [0.25, 0.3) is 5.56 Å². The zero-order chi connectivity index (χ0) is 9.84. The van der Waals surface area contributed by atoms with Crippen LogP contribution in [0.1, 0.15) is 12.6 Å². The second-order valence-electron chi connectivity index (χ2n) is 2.65. The Balaban J connectivity index is 3.03. The van der Waals surface area contributed by atoms with Crippen molar-refractivity contribution in [2.24, 2.45) is 10.9 Å². The summed E-state index contributed by atoms with van der Waals surface area (Å²) in [4.78, 5) is 26.2. The second kappa shape index (κ2) is 3.70. The number of hydrazone groups is 1. The van der Waals surface area contributed by atoms with Crippen LogP contribution < -0.4 is 17.1 Å². The van der Waals surface area contributed by atoms with E-state index in [-0.39, 0.29) is 0 Å². The molecule has 1 aromatic rings. The van der Waals surface area contributed by atoms with Crippen molar-refractivity contribution in [1.29, 1.82) is 0 Å². The average Bonchev–Trinajstić information content (AvgIpc) is 2.02. The first-order valence-corrected chi connectivity index (χ1v) is 3.67. The number of nitrogens with zero attached hydrogens (tertiary/aromatic N) is 1. The van der Waals surface area contributed by atoms with Crippen LogP contribution in [0.3, 0.4) is 0 Å². The minimum atomic E-state index is -0.521. The number of hydrogen-bond donors (Lipinski definition) is 3. The standard InChI is InChI=1S/C7H10N4O2/c1-4(11-8)2-5-3-6(12)10-7(13)9-5/h3H,2,8H2,1H3,(H2,9,10,12,13). The average molecular weight is 182 g/mol. The summed E-state index contributed by atoms with van der Waals surface area (Å²) in [6, 6.07) is 1.30. The summed E-state index contributed by atoms with van der Waals surface area (Å²) >= 11 is 0. The number of nitrogens with one attached hydrogen (secondary N) is 2. The third-order valence-corrected chi connectivity index (χ3v) is 1.48. The Morgan fingerprint density at radius 1 is 1.54 bits per heavy atom. The highest BCUT2D eigenvalue weighted by Gasteiger charge is 1.98. The van der Waals surface area contributed by atoms with Crippen LogP contribution in [-0.4, -0.2) is 15.7 Å². The topological polar surface area (TPSA) is 104 Å². The van der Waals surface area contributed by atoms with E-state index in [1.807, 2.05) is 0 Å². The van der Waals surface area contributed by atoms with Gasteiger partial charge in [-0.15, -0.1) is 0 Å². The lowest BCUT2D eigenvalue weighted by Crippen LogP contribution is -2.23. The smallest absolute Gasteiger partial charge is 0.323 e. The van der Waals surface area contributed by atoms with Crippen molar-refractivity contribution >= 4 is 5.71 Å². The van der Waals surface area contributed by atoms with Gasteiger partial charge in [-0.1, -0.05) is 0 Å². The van der Waals surface area contributed by atoms with Crippen molar-refractivity contribution in [1.82, 2.24) is 9.97 Å². The molecule has 0 aliphatic carbocycles. The summed E-state index contributed by atoms with van der Waals surface area (Å²) in [6.45, 7) is 1.71. The first-order valence-electron chi connectivity index (χ1n) is 3.67. The van der Waals surface area contributed by atoms with Crippen LogP contribution in [0.5, 0.6) is 0 Å². The lowest BCUT2D eigenvalue weighted by molar-refractivity contribution is 0.971. The summed E-state index contributed by atoms with van der Waals surface area (Å²) in [5, 5.41) is 3.43. The largest absolute Gasteiger partial charge is 0.325 e. The molecule has 70 valence electrons. The maximum Gasteiger partial charge on any atom is 0.325 e. The molecule has 0 saturated carbocycles. The van der Waals surface area contributed by atoms with Crippen molar-refractivity contribution in [3.05, 3.63) is 32.6 Å². The molecule has 6 heteroatoms. The molecule has 0 unspecified atom stereocenters. The van der Waals surface area contributed by atoms with Crippen molar-refractivity contribution in [3.8, 4) is 0 Å². The third kappa shape index (κ3) is 2.58. The lowest BCUT2D eigenvalue weighted by Gasteiger charge is -1.97. The van der Waals surface area contributed by atoms with Crippen LogP contribution >= 0.6 is 0 Å². The van der Waals surface area contributed by atoms with E-state index in [9.17, 15) is 9.59 Å². The Morgan fingerprint density at radius 3 is 2.77 bits per heavy atom. The molecule has 0 saturated heterocycles. The van der Waals surface area contributed by atoms with E-state index in [2.05, 4.69) is 15.1 Å². The van der Waals surface area contributed by atoms with Gasteiger partial charge in [-0.05, 0) is 6.92 Å². The Hall–Kier alpha value is -1.85. The molecular weight excluding hydrogens is 172 g/mol. The molecule has 0 aromatic carbocycles. The molecule has 0 spiro atoms. The lowest BCUT2D eigenvalue weighted by atomic mass is 10.2. The van der Waals surface area contributed by atoms with Gasteiger partial charge in [-0.2, -0.15) is 5.10 Å². The van der Waals surface area contributed by atoms with Crippen molar-refractivity contribution < 1.29 is 0 Å². The number of H-pyrrole nitrogens is 2. The maximum absolute atomic E-state index is 10.8. The summed E-state index contributed by atoms with van der Waals surface area (Å²) < 4.78 is 0. The van der Waals surface area contributed by atoms with Gasteiger partial charge in [0, 0.05) is 23.9 Å². The SMILES string of the molecule is CC(Cc1cc(=O)[nH]c(=O)[nH]1)=NN. The number of aromatic nitrogens is 2. The Morgan fingerprint density at radius 2 is 2.23 bits per heavy atom. The van der Waals surface area contributed by atoms with Crippen molar-refractivity contribution in [2.45, 2.75) is 13.3 Å². The minimum absolute atomic E-state index is 0.371. The molecule has 0 fully saturated rings. The Labute approximate surface area is 73.5 Å². The van der Waals surface area contributed by atoms with Gasteiger partial charge in [0.15, 0.2) is 0 Å². The van der Waals surface area contributed by atoms with Crippen LogP contribution in [0.4, 0.5) is 0 Å².